The number of nitrogens with zero attached hydrogens (tertiary/aromatic N) is 6. The summed E-state index contributed by atoms with van der Waals surface area (Å²) in [5.41, 5.74) is 1.01. The van der Waals surface area contributed by atoms with Gasteiger partial charge in [-0.3, -0.25) is 9.80 Å². The van der Waals surface area contributed by atoms with Gasteiger partial charge < -0.3 is 4.90 Å². The van der Waals surface area contributed by atoms with E-state index in [1.165, 1.54) is 18.2 Å². The van der Waals surface area contributed by atoms with Crippen molar-refractivity contribution in [3.05, 3.63) is 47.8 Å². The van der Waals surface area contributed by atoms with Gasteiger partial charge in [-0.15, -0.1) is 0 Å². The standard InChI is InChI=1S/C27H34N6O3S/c1-31(2)27(21-10-5-4-6-11-21)14-12-26(13-15-27)19-32(25(34)33(26)18-20-8-7-9-20)23-17-29-24(37(3,35)36)30-22(23)16-28/h4-6,10-11,17,20H,7-9,12-15,18-19H2,1-3H3/t26-,27-. The molecule has 3 aliphatic rings. The Morgan fingerprint density at radius 1 is 1.14 bits per heavy atom. The van der Waals surface area contributed by atoms with Gasteiger partial charge in [-0.2, -0.15) is 5.26 Å². The summed E-state index contributed by atoms with van der Waals surface area (Å²) in [4.78, 5) is 27.9. The molecule has 0 atom stereocenters. The van der Waals surface area contributed by atoms with Crippen LogP contribution in [0.15, 0.2) is 41.7 Å². The zero-order chi connectivity index (χ0) is 26.4. The fraction of sp³-hybridized carbons (Fsp3) is 0.556. The van der Waals surface area contributed by atoms with Crippen molar-refractivity contribution >= 4 is 21.6 Å². The number of aromatic nitrogens is 2. The van der Waals surface area contributed by atoms with Crippen molar-refractivity contribution in [3.63, 3.8) is 0 Å². The van der Waals surface area contributed by atoms with Gasteiger partial charge in [0.1, 0.15) is 11.8 Å². The molecule has 3 fully saturated rings. The largest absolute Gasteiger partial charge is 0.325 e. The minimum absolute atomic E-state index is 0.0906. The lowest BCUT2D eigenvalue weighted by Gasteiger charge is -2.51. The Labute approximate surface area is 219 Å². The van der Waals surface area contributed by atoms with E-state index in [9.17, 15) is 18.5 Å². The molecular weight excluding hydrogens is 488 g/mol. The minimum Gasteiger partial charge on any atom is -0.317 e. The highest BCUT2D eigenvalue weighted by atomic mass is 32.2. The van der Waals surface area contributed by atoms with E-state index in [1.807, 2.05) is 17.0 Å². The zero-order valence-corrected chi connectivity index (χ0v) is 22.5. The molecule has 0 unspecified atom stereocenters. The summed E-state index contributed by atoms with van der Waals surface area (Å²) in [5, 5.41) is 9.37. The molecule has 2 amide bonds. The predicted octanol–water partition coefficient (Wildman–Crippen LogP) is 3.56. The summed E-state index contributed by atoms with van der Waals surface area (Å²) in [5.74, 6) is 0.495. The van der Waals surface area contributed by atoms with Crippen LogP contribution in [0.4, 0.5) is 10.5 Å². The van der Waals surface area contributed by atoms with Crippen molar-refractivity contribution in [1.29, 1.82) is 5.26 Å². The smallest absolute Gasteiger partial charge is 0.317 e. The minimum atomic E-state index is -3.68. The molecule has 2 heterocycles. The van der Waals surface area contributed by atoms with E-state index in [2.05, 4.69) is 53.2 Å². The van der Waals surface area contributed by atoms with Gasteiger partial charge in [0.25, 0.3) is 0 Å². The third kappa shape index (κ3) is 4.38. The molecule has 1 aromatic heterocycles. The summed E-state index contributed by atoms with van der Waals surface area (Å²) < 4.78 is 23.9. The van der Waals surface area contributed by atoms with Gasteiger partial charge in [0, 0.05) is 18.3 Å². The highest BCUT2D eigenvalue weighted by molar-refractivity contribution is 7.90. The molecule has 2 aliphatic carbocycles. The molecule has 1 aromatic carbocycles. The summed E-state index contributed by atoms with van der Waals surface area (Å²) in [7, 11) is 0.578. The quantitative estimate of drug-likeness (QED) is 0.534. The van der Waals surface area contributed by atoms with Crippen LogP contribution in [0.2, 0.25) is 0 Å². The number of carbonyl (C=O) groups is 1. The van der Waals surface area contributed by atoms with Crippen LogP contribution in [0, 0.1) is 17.2 Å². The Bertz CT molecular complexity index is 1330. The van der Waals surface area contributed by atoms with Crippen molar-refractivity contribution in [2.24, 2.45) is 5.92 Å². The van der Waals surface area contributed by atoms with Crippen LogP contribution < -0.4 is 4.90 Å². The second-order valence-corrected chi connectivity index (χ2v) is 13.0. The lowest BCUT2D eigenvalue weighted by Crippen LogP contribution is -2.56. The van der Waals surface area contributed by atoms with E-state index in [-0.39, 0.29) is 28.5 Å². The number of carbonyl (C=O) groups excluding carboxylic acids is 1. The molecule has 196 valence electrons. The van der Waals surface area contributed by atoms with E-state index in [1.54, 1.807) is 4.90 Å². The lowest BCUT2D eigenvalue weighted by atomic mass is 9.68. The predicted molar refractivity (Wildman–Crippen MR) is 140 cm³/mol. The number of rotatable bonds is 6. The lowest BCUT2D eigenvalue weighted by molar-refractivity contribution is 0.0172. The number of nitriles is 1. The van der Waals surface area contributed by atoms with Gasteiger partial charge in [0.15, 0.2) is 5.69 Å². The molecule has 10 heteroatoms. The highest BCUT2D eigenvalue weighted by Crippen LogP contribution is 2.50. The van der Waals surface area contributed by atoms with Crippen LogP contribution in [0.5, 0.6) is 0 Å². The SMILES string of the molecule is CN(C)[C@]1(c2ccccc2)CC[C@@]2(CC1)CN(c1cnc(S(C)(=O)=O)nc1C#N)C(=O)N2CC1CCC1. The van der Waals surface area contributed by atoms with Gasteiger partial charge in [-0.25, -0.2) is 23.2 Å². The van der Waals surface area contributed by atoms with Gasteiger partial charge >= 0.3 is 6.03 Å². The third-order valence-electron chi connectivity index (χ3n) is 8.80. The van der Waals surface area contributed by atoms with Crippen LogP contribution in [0.3, 0.4) is 0 Å². The monoisotopic (exact) mass is 522 g/mol. The molecule has 5 rings (SSSR count). The maximum Gasteiger partial charge on any atom is 0.325 e. The summed E-state index contributed by atoms with van der Waals surface area (Å²) in [6.07, 6.45) is 9.24. The van der Waals surface area contributed by atoms with E-state index < -0.39 is 15.0 Å². The second kappa shape index (κ2) is 9.37. The Morgan fingerprint density at radius 2 is 1.81 bits per heavy atom. The summed E-state index contributed by atoms with van der Waals surface area (Å²) in [6.45, 7) is 1.15. The van der Waals surface area contributed by atoms with Crippen LogP contribution in [-0.4, -0.2) is 73.2 Å². The topological polar surface area (TPSA) is 110 Å². The van der Waals surface area contributed by atoms with E-state index in [0.29, 0.717) is 19.0 Å². The number of urea groups is 1. The Morgan fingerprint density at radius 3 is 2.35 bits per heavy atom. The van der Waals surface area contributed by atoms with Gasteiger partial charge in [-0.1, -0.05) is 36.8 Å². The fourth-order valence-electron chi connectivity index (χ4n) is 6.31. The average molecular weight is 523 g/mol. The molecule has 0 N–H and O–H groups in total. The zero-order valence-electron chi connectivity index (χ0n) is 21.7. The molecule has 1 aliphatic heterocycles. The number of anilines is 1. The van der Waals surface area contributed by atoms with Gasteiger partial charge in [0.2, 0.25) is 15.0 Å². The molecule has 2 saturated carbocycles. The number of amides is 2. The number of benzene rings is 1. The number of hydrogen-bond acceptors (Lipinski definition) is 7. The fourth-order valence-corrected chi connectivity index (χ4v) is 6.81. The first-order valence-corrected chi connectivity index (χ1v) is 14.8. The number of hydrogen-bond donors (Lipinski definition) is 0. The summed E-state index contributed by atoms with van der Waals surface area (Å²) in [6, 6.07) is 12.4. The maximum atomic E-state index is 13.9. The maximum absolute atomic E-state index is 13.9. The van der Waals surface area contributed by atoms with E-state index in [4.69, 9.17) is 0 Å². The molecule has 1 saturated heterocycles. The molecular formula is C27H34N6O3S. The van der Waals surface area contributed by atoms with Crippen molar-refractivity contribution in [1.82, 2.24) is 19.8 Å². The van der Waals surface area contributed by atoms with Crippen LogP contribution >= 0.6 is 0 Å². The number of sulfone groups is 1. The Kier molecular flexibility index (Phi) is 6.49. The average Bonchev–Trinajstić information content (AvgIpc) is 3.12. The third-order valence-corrected chi connectivity index (χ3v) is 9.66. The van der Waals surface area contributed by atoms with Crippen LogP contribution in [-0.2, 0) is 15.4 Å². The van der Waals surface area contributed by atoms with Gasteiger partial charge in [-0.05, 0) is 64.1 Å². The van der Waals surface area contributed by atoms with E-state index in [0.717, 1.165) is 44.8 Å². The molecule has 9 nitrogen and oxygen atoms in total. The summed E-state index contributed by atoms with van der Waals surface area (Å²) >= 11 is 0. The normalized spacial score (nSPS) is 26.5. The first kappa shape index (κ1) is 25.6. The Hall–Kier alpha value is -3.03. The van der Waals surface area contributed by atoms with Crippen LogP contribution in [0.25, 0.3) is 0 Å². The molecule has 37 heavy (non-hydrogen) atoms. The first-order chi connectivity index (χ1) is 17.6. The Balaban J connectivity index is 1.49. The highest BCUT2D eigenvalue weighted by Gasteiger charge is 2.55. The van der Waals surface area contributed by atoms with Gasteiger partial charge in [0.05, 0.1) is 18.3 Å². The second-order valence-electron chi connectivity index (χ2n) is 11.1. The first-order valence-electron chi connectivity index (χ1n) is 12.9. The van der Waals surface area contributed by atoms with Crippen molar-refractivity contribution < 1.29 is 13.2 Å². The van der Waals surface area contributed by atoms with Crippen LogP contribution in [0.1, 0.15) is 56.2 Å². The molecule has 2 aromatic rings. The van der Waals surface area contributed by atoms with E-state index >= 15 is 0 Å². The molecule has 0 bridgehead atoms. The molecule has 1 spiro atoms. The van der Waals surface area contributed by atoms with Crippen molar-refractivity contribution in [3.8, 4) is 6.07 Å². The van der Waals surface area contributed by atoms with Crippen molar-refractivity contribution in [2.45, 2.75) is 61.2 Å². The van der Waals surface area contributed by atoms with Crippen molar-refractivity contribution in [2.75, 3.05) is 38.3 Å². The molecule has 0 radical (unpaired) electrons.